The SMILES string of the molecule is CCNC(c1sc(C)cc1C)C1CCCC1C. The maximum absolute atomic E-state index is 3.74. The first-order valence-corrected chi connectivity index (χ1v) is 7.75. The van der Waals surface area contributed by atoms with Gasteiger partial charge < -0.3 is 5.32 Å². The lowest BCUT2D eigenvalue weighted by Gasteiger charge is -2.27. The van der Waals surface area contributed by atoms with Crippen molar-refractivity contribution in [3.05, 3.63) is 21.4 Å². The summed E-state index contributed by atoms with van der Waals surface area (Å²) >= 11 is 1.99. The van der Waals surface area contributed by atoms with Crippen molar-refractivity contribution in [1.82, 2.24) is 5.32 Å². The largest absolute Gasteiger partial charge is 0.309 e. The molecule has 2 rings (SSSR count). The molecule has 3 atom stereocenters. The molecule has 0 aliphatic heterocycles. The third-order valence-corrected chi connectivity index (χ3v) is 5.38. The maximum Gasteiger partial charge on any atom is 0.0448 e. The predicted molar refractivity (Wildman–Crippen MR) is 76.7 cm³/mol. The lowest BCUT2D eigenvalue weighted by atomic mass is 9.88. The van der Waals surface area contributed by atoms with Crippen LogP contribution in [-0.2, 0) is 0 Å². The molecule has 0 amide bonds. The second-order valence-corrected chi connectivity index (χ2v) is 6.80. The molecule has 96 valence electrons. The topological polar surface area (TPSA) is 12.0 Å². The average Bonchev–Trinajstić information content (AvgIpc) is 2.82. The Balaban J connectivity index is 2.25. The van der Waals surface area contributed by atoms with Crippen LogP contribution in [0.5, 0.6) is 0 Å². The Morgan fingerprint density at radius 1 is 1.41 bits per heavy atom. The van der Waals surface area contributed by atoms with Crippen LogP contribution in [-0.4, -0.2) is 6.54 Å². The first-order valence-electron chi connectivity index (χ1n) is 6.93. The minimum absolute atomic E-state index is 0.594. The lowest BCUT2D eigenvalue weighted by Crippen LogP contribution is -2.29. The molecule has 1 N–H and O–H groups in total. The van der Waals surface area contributed by atoms with Crippen molar-refractivity contribution in [3.8, 4) is 0 Å². The van der Waals surface area contributed by atoms with Gasteiger partial charge in [0, 0.05) is 15.8 Å². The summed E-state index contributed by atoms with van der Waals surface area (Å²) < 4.78 is 0. The Morgan fingerprint density at radius 2 is 2.18 bits per heavy atom. The van der Waals surface area contributed by atoms with Gasteiger partial charge in [0.05, 0.1) is 0 Å². The van der Waals surface area contributed by atoms with Crippen molar-refractivity contribution in [2.75, 3.05) is 6.54 Å². The summed E-state index contributed by atoms with van der Waals surface area (Å²) in [7, 11) is 0. The van der Waals surface area contributed by atoms with Crippen molar-refractivity contribution in [2.45, 2.75) is 53.0 Å². The molecule has 1 aromatic heterocycles. The van der Waals surface area contributed by atoms with Gasteiger partial charge in [-0.2, -0.15) is 0 Å². The van der Waals surface area contributed by atoms with E-state index in [4.69, 9.17) is 0 Å². The molecule has 0 radical (unpaired) electrons. The summed E-state index contributed by atoms with van der Waals surface area (Å²) in [6, 6.07) is 2.93. The minimum Gasteiger partial charge on any atom is -0.309 e. The van der Waals surface area contributed by atoms with Gasteiger partial charge in [-0.3, -0.25) is 0 Å². The Kier molecular flexibility index (Phi) is 4.26. The van der Waals surface area contributed by atoms with Crippen molar-refractivity contribution >= 4 is 11.3 Å². The van der Waals surface area contributed by atoms with Crippen LogP contribution in [0.25, 0.3) is 0 Å². The van der Waals surface area contributed by atoms with Crippen LogP contribution in [0.4, 0.5) is 0 Å². The van der Waals surface area contributed by atoms with Crippen molar-refractivity contribution < 1.29 is 0 Å². The average molecular weight is 251 g/mol. The predicted octanol–water partition coefficient (Wildman–Crippen LogP) is 4.45. The van der Waals surface area contributed by atoms with Gasteiger partial charge in [-0.25, -0.2) is 0 Å². The fourth-order valence-electron chi connectivity index (χ4n) is 3.30. The maximum atomic E-state index is 3.74. The highest BCUT2D eigenvalue weighted by atomic mass is 32.1. The first-order chi connectivity index (χ1) is 8.13. The van der Waals surface area contributed by atoms with E-state index >= 15 is 0 Å². The molecule has 17 heavy (non-hydrogen) atoms. The quantitative estimate of drug-likeness (QED) is 0.833. The molecule has 0 spiro atoms. The summed E-state index contributed by atoms with van der Waals surface area (Å²) in [6.07, 6.45) is 4.22. The van der Waals surface area contributed by atoms with Crippen LogP contribution >= 0.6 is 11.3 Å². The van der Waals surface area contributed by atoms with E-state index in [2.05, 4.69) is 39.1 Å². The van der Waals surface area contributed by atoms with Crippen LogP contribution in [0.15, 0.2) is 6.07 Å². The molecule has 1 aliphatic carbocycles. The summed E-state index contributed by atoms with van der Waals surface area (Å²) in [6.45, 7) is 10.2. The van der Waals surface area contributed by atoms with Gasteiger partial charge in [0.1, 0.15) is 0 Å². The number of aryl methyl sites for hydroxylation is 2. The van der Waals surface area contributed by atoms with E-state index in [1.165, 1.54) is 29.7 Å². The van der Waals surface area contributed by atoms with Crippen LogP contribution < -0.4 is 5.32 Å². The Labute approximate surface area is 110 Å². The van der Waals surface area contributed by atoms with Crippen molar-refractivity contribution in [3.63, 3.8) is 0 Å². The monoisotopic (exact) mass is 251 g/mol. The number of hydrogen-bond donors (Lipinski definition) is 1. The standard InChI is InChI=1S/C15H25NS/c1-5-16-14(13-8-6-7-10(13)2)15-11(3)9-12(4)17-15/h9-10,13-14,16H,5-8H2,1-4H3. The summed E-state index contributed by atoms with van der Waals surface area (Å²) in [5.74, 6) is 1.72. The Bertz CT molecular complexity index is 369. The van der Waals surface area contributed by atoms with Gasteiger partial charge in [0.2, 0.25) is 0 Å². The molecule has 1 heterocycles. The van der Waals surface area contributed by atoms with E-state index in [1.54, 1.807) is 4.88 Å². The first kappa shape index (κ1) is 13.1. The number of nitrogens with one attached hydrogen (secondary N) is 1. The van der Waals surface area contributed by atoms with Crippen LogP contribution in [0, 0.1) is 25.7 Å². The zero-order chi connectivity index (χ0) is 12.4. The molecular formula is C15H25NS. The number of thiophene rings is 1. The molecule has 0 aromatic carbocycles. The third kappa shape index (κ3) is 2.74. The van der Waals surface area contributed by atoms with E-state index in [1.807, 2.05) is 11.3 Å². The van der Waals surface area contributed by atoms with E-state index in [9.17, 15) is 0 Å². The number of rotatable bonds is 4. The molecule has 1 nitrogen and oxygen atoms in total. The smallest absolute Gasteiger partial charge is 0.0448 e. The third-order valence-electron chi connectivity index (χ3n) is 4.14. The lowest BCUT2D eigenvalue weighted by molar-refractivity contribution is 0.308. The Hall–Kier alpha value is -0.340. The zero-order valence-corrected chi connectivity index (χ0v) is 12.4. The minimum atomic E-state index is 0.594. The zero-order valence-electron chi connectivity index (χ0n) is 11.5. The number of hydrogen-bond acceptors (Lipinski definition) is 2. The second kappa shape index (κ2) is 5.53. The summed E-state index contributed by atoms with van der Waals surface area (Å²) in [5, 5.41) is 3.74. The summed E-state index contributed by atoms with van der Waals surface area (Å²) in [4.78, 5) is 3.04. The molecule has 1 aromatic rings. The molecule has 2 heteroatoms. The normalized spacial score (nSPS) is 26.4. The van der Waals surface area contributed by atoms with E-state index in [-0.39, 0.29) is 0 Å². The second-order valence-electron chi connectivity index (χ2n) is 5.51. The van der Waals surface area contributed by atoms with Crippen molar-refractivity contribution in [1.29, 1.82) is 0 Å². The van der Waals surface area contributed by atoms with Gasteiger partial charge in [-0.15, -0.1) is 11.3 Å². The van der Waals surface area contributed by atoms with Crippen LogP contribution in [0.3, 0.4) is 0 Å². The van der Waals surface area contributed by atoms with Gasteiger partial charge >= 0.3 is 0 Å². The van der Waals surface area contributed by atoms with Gasteiger partial charge in [0.15, 0.2) is 0 Å². The van der Waals surface area contributed by atoms with Gasteiger partial charge in [-0.1, -0.05) is 26.7 Å². The molecule has 1 saturated carbocycles. The van der Waals surface area contributed by atoms with E-state index in [0.29, 0.717) is 6.04 Å². The molecule has 0 saturated heterocycles. The van der Waals surface area contributed by atoms with Gasteiger partial charge in [-0.05, 0) is 50.3 Å². The van der Waals surface area contributed by atoms with Gasteiger partial charge in [0.25, 0.3) is 0 Å². The summed E-state index contributed by atoms with van der Waals surface area (Å²) in [5.41, 5.74) is 1.48. The fourth-order valence-corrected chi connectivity index (χ4v) is 4.48. The molecular weight excluding hydrogens is 226 g/mol. The highest BCUT2D eigenvalue weighted by Crippen LogP contribution is 2.42. The molecule has 1 fully saturated rings. The molecule has 1 aliphatic rings. The Morgan fingerprint density at radius 3 is 2.65 bits per heavy atom. The molecule has 0 bridgehead atoms. The van der Waals surface area contributed by atoms with E-state index < -0.39 is 0 Å². The van der Waals surface area contributed by atoms with Crippen LogP contribution in [0.1, 0.15) is 54.5 Å². The fraction of sp³-hybridized carbons (Fsp3) is 0.733. The van der Waals surface area contributed by atoms with Crippen LogP contribution in [0.2, 0.25) is 0 Å². The van der Waals surface area contributed by atoms with Crippen molar-refractivity contribution in [2.24, 2.45) is 11.8 Å². The highest BCUT2D eigenvalue weighted by molar-refractivity contribution is 7.12. The van der Waals surface area contributed by atoms with E-state index in [0.717, 1.165) is 18.4 Å². The highest BCUT2D eigenvalue weighted by Gasteiger charge is 2.32. The molecule has 3 unspecified atom stereocenters.